The second-order valence-electron chi connectivity index (χ2n) is 5.42. The van der Waals surface area contributed by atoms with Crippen molar-refractivity contribution in [2.24, 2.45) is 0 Å². The van der Waals surface area contributed by atoms with Crippen LogP contribution in [-0.2, 0) is 4.79 Å². The van der Waals surface area contributed by atoms with Gasteiger partial charge in [-0.3, -0.25) is 19.7 Å². The summed E-state index contributed by atoms with van der Waals surface area (Å²) in [6.07, 6.45) is 4.38. The fraction of sp³-hybridized carbons (Fsp3) is 0.500. The third-order valence-electron chi connectivity index (χ3n) is 3.53. The van der Waals surface area contributed by atoms with E-state index in [4.69, 9.17) is 5.11 Å². The molecule has 1 aromatic carbocycles. The fourth-order valence-corrected chi connectivity index (χ4v) is 2.20. The van der Waals surface area contributed by atoms with Crippen molar-refractivity contribution in [2.75, 3.05) is 6.54 Å². The van der Waals surface area contributed by atoms with E-state index < -0.39 is 10.9 Å². The second-order valence-corrected chi connectivity index (χ2v) is 5.42. The predicted octanol–water partition coefficient (Wildman–Crippen LogP) is 3.06. The molecule has 7 heteroatoms. The molecule has 0 radical (unpaired) electrons. The summed E-state index contributed by atoms with van der Waals surface area (Å²) in [4.78, 5) is 32.6. The summed E-state index contributed by atoms with van der Waals surface area (Å²) in [5.74, 6) is -1.08. The molecule has 0 bridgehead atoms. The minimum absolute atomic E-state index is 0.0980. The number of benzene rings is 1. The van der Waals surface area contributed by atoms with E-state index in [1.54, 1.807) is 13.0 Å². The maximum atomic E-state index is 12.1. The zero-order valence-electron chi connectivity index (χ0n) is 13.2. The highest BCUT2D eigenvalue weighted by atomic mass is 16.6. The minimum atomic E-state index is -0.774. The maximum absolute atomic E-state index is 12.1. The van der Waals surface area contributed by atoms with E-state index in [0.29, 0.717) is 24.1 Å². The number of nitrogens with one attached hydrogen (secondary N) is 1. The van der Waals surface area contributed by atoms with Gasteiger partial charge in [-0.15, -0.1) is 0 Å². The van der Waals surface area contributed by atoms with Crippen molar-refractivity contribution < 1.29 is 19.6 Å². The number of carboxylic acid groups (broad SMARTS) is 1. The monoisotopic (exact) mass is 322 g/mol. The van der Waals surface area contributed by atoms with Crippen molar-refractivity contribution in [3.63, 3.8) is 0 Å². The van der Waals surface area contributed by atoms with Gasteiger partial charge in [-0.25, -0.2) is 0 Å². The summed E-state index contributed by atoms with van der Waals surface area (Å²) in [7, 11) is 0. The Morgan fingerprint density at radius 3 is 2.48 bits per heavy atom. The van der Waals surface area contributed by atoms with Gasteiger partial charge in [0, 0.05) is 30.7 Å². The molecule has 23 heavy (non-hydrogen) atoms. The molecule has 0 aromatic heterocycles. The summed E-state index contributed by atoms with van der Waals surface area (Å²) >= 11 is 0. The van der Waals surface area contributed by atoms with Crippen LogP contribution in [0.15, 0.2) is 18.2 Å². The Balaban J connectivity index is 2.30. The number of hydrogen-bond acceptors (Lipinski definition) is 4. The Labute approximate surface area is 134 Å². The number of carbonyl (C=O) groups excluding carboxylic acids is 1. The molecule has 126 valence electrons. The van der Waals surface area contributed by atoms with Crippen molar-refractivity contribution in [3.05, 3.63) is 39.4 Å². The van der Waals surface area contributed by atoms with E-state index >= 15 is 0 Å². The molecule has 0 atom stereocenters. The Morgan fingerprint density at radius 2 is 1.83 bits per heavy atom. The first kappa shape index (κ1) is 18.6. The zero-order valence-corrected chi connectivity index (χ0v) is 13.2. The van der Waals surface area contributed by atoms with Gasteiger partial charge in [0.2, 0.25) is 0 Å². The number of rotatable bonds is 10. The molecule has 0 spiro atoms. The molecular formula is C16H22N2O5. The summed E-state index contributed by atoms with van der Waals surface area (Å²) in [5.41, 5.74) is 0.918. The Bertz CT molecular complexity index is 572. The van der Waals surface area contributed by atoms with Gasteiger partial charge in [-0.05, 0) is 25.3 Å². The molecule has 1 amide bonds. The maximum Gasteiger partial charge on any atom is 0.303 e. The molecule has 0 fully saturated rings. The molecular weight excluding hydrogens is 300 g/mol. The number of nitro groups is 1. The highest BCUT2D eigenvalue weighted by Gasteiger charge is 2.14. The van der Waals surface area contributed by atoms with Crippen LogP contribution >= 0.6 is 0 Å². The van der Waals surface area contributed by atoms with Crippen molar-refractivity contribution >= 4 is 17.6 Å². The van der Waals surface area contributed by atoms with E-state index in [1.165, 1.54) is 12.1 Å². The number of carboxylic acids is 1. The molecule has 0 saturated heterocycles. The number of unbranched alkanes of at least 4 members (excludes halogenated alkanes) is 4. The molecule has 0 aliphatic carbocycles. The number of nitrogens with zero attached hydrogens (tertiary/aromatic N) is 1. The van der Waals surface area contributed by atoms with Crippen LogP contribution in [0.1, 0.15) is 54.4 Å². The zero-order chi connectivity index (χ0) is 17.2. The van der Waals surface area contributed by atoms with Gasteiger partial charge in [-0.2, -0.15) is 0 Å². The van der Waals surface area contributed by atoms with E-state index in [-0.39, 0.29) is 18.0 Å². The minimum Gasteiger partial charge on any atom is -0.481 e. The molecule has 0 heterocycles. The fourth-order valence-electron chi connectivity index (χ4n) is 2.20. The third-order valence-corrected chi connectivity index (χ3v) is 3.53. The van der Waals surface area contributed by atoms with Crippen LogP contribution in [0.3, 0.4) is 0 Å². The lowest BCUT2D eigenvalue weighted by Crippen LogP contribution is -2.25. The van der Waals surface area contributed by atoms with Gasteiger partial charge in [0.05, 0.1) is 4.92 Å². The molecule has 1 rings (SSSR count). The van der Waals surface area contributed by atoms with E-state index in [0.717, 1.165) is 25.7 Å². The number of amides is 1. The van der Waals surface area contributed by atoms with Gasteiger partial charge in [0.1, 0.15) is 0 Å². The van der Waals surface area contributed by atoms with Crippen molar-refractivity contribution in [2.45, 2.75) is 45.4 Å². The van der Waals surface area contributed by atoms with Crippen molar-refractivity contribution in [1.82, 2.24) is 5.32 Å². The van der Waals surface area contributed by atoms with E-state index in [2.05, 4.69) is 5.32 Å². The first-order chi connectivity index (χ1) is 10.9. The average Bonchev–Trinajstić information content (AvgIpc) is 2.49. The quantitative estimate of drug-likeness (QED) is 0.391. The Morgan fingerprint density at radius 1 is 1.17 bits per heavy atom. The number of carbonyl (C=O) groups is 2. The molecule has 2 N–H and O–H groups in total. The van der Waals surface area contributed by atoms with Gasteiger partial charge < -0.3 is 10.4 Å². The molecule has 7 nitrogen and oxygen atoms in total. The first-order valence-corrected chi connectivity index (χ1v) is 7.67. The average molecular weight is 322 g/mol. The van der Waals surface area contributed by atoms with Crippen LogP contribution in [0.25, 0.3) is 0 Å². The summed E-state index contributed by atoms with van der Waals surface area (Å²) in [5, 5.41) is 22.0. The van der Waals surface area contributed by atoms with E-state index in [1.807, 2.05) is 0 Å². The Kier molecular flexibility index (Phi) is 7.73. The number of aryl methyl sites for hydroxylation is 1. The number of nitro benzene ring substituents is 1. The van der Waals surface area contributed by atoms with Crippen LogP contribution in [0, 0.1) is 17.0 Å². The molecule has 0 aliphatic heterocycles. The molecule has 0 saturated carbocycles. The normalized spacial score (nSPS) is 10.3. The largest absolute Gasteiger partial charge is 0.481 e. The van der Waals surface area contributed by atoms with Gasteiger partial charge in [0.25, 0.3) is 11.6 Å². The van der Waals surface area contributed by atoms with Gasteiger partial charge in [-0.1, -0.05) is 25.3 Å². The SMILES string of the molecule is Cc1ccc([N+](=O)[O-])cc1C(=O)NCCCCCCCC(=O)O. The topological polar surface area (TPSA) is 110 Å². The lowest BCUT2D eigenvalue weighted by Gasteiger charge is -2.07. The molecule has 0 unspecified atom stereocenters. The molecule has 0 aliphatic rings. The Hall–Kier alpha value is -2.44. The number of aliphatic carboxylic acids is 1. The summed E-state index contributed by atoms with van der Waals surface area (Å²) in [6, 6.07) is 4.23. The predicted molar refractivity (Wildman–Crippen MR) is 85.5 cm³/mol. The highest BCUT2D eigenvalue weighted by Crippen LogP contribution is 2.17. The lowest BCUT2D eigenvalue weighted by molar-refractivity contribution is -0.384. The first-order valence-electron chi connectivity index (χ1n) is 7.67. The second kappa shape index (κ2) is 9.55. The van der Waals surface area contributed by atoms with E-state index in [9.17, 15) is 19.7 Å². The summed E-state index contributed by atoms with van der Waals surface area (Å²) < 4.78 is 0. The van der Waals surface area contributed by atoms with Gasteiger partial charge in [0.15, 0.2) is 0 Å². The third kappa shape index (κ3) is 6.90. The standard InChI is InChI=1S/C16H22N2O5/c1-12-8-9-13(18(22)23)11-14(12)16(21)17-10-6-4-2-3-5-7-15(19)20/h8-9,11H,2-7,10H2,1H3,(H,17,21)(H,19,20). The van der Waals surface area contributed by atoms with Crippen LogP contribution in [0.2, 0.25) is 0 Å². The smallest absolute Gasteiger partial charge is 0.303 e. The van der Waals surface area contributed by atoms with Crippen molar-refractivity contribution in [1.29, 1.82) is 0 Å². The highest BCUT2D eigenvalue weighted by molar-refractivity contribution is 5.96. The number of hydrogen-bond donors (Lipinski definition) is 2. The van der Waals surface area contributed by atoms with Crippen molar-refractivity contribution in [3.8, 4) is 0 Å². The lowest BCUT2D eigenvalue weighted by atomic mass is 10.1. The number of non-ortho nitro benzene ring substituents is 1. The van der Waals surface area contributed by atoms with Crippen LogP contribution in [0.4, 0.5) is 5.69 Å². The summed E-state index contributed by atoms with van der Waals surface area (Å²) in [6.45, 7) is 2.24. The van der Waals surface area contributed by atoms with Crippen LogP contribution in [-0.4, -0.2) is 28.5 Å². The molecule has 1 aromatic rings. The van der Waals surface area contributed by atoms with Crippen LogP contribution in [0.5, 0.6) is 0 Å². The van der Waals surface area contributed by atoms with Gasteiger partial charge >= 0.3 is 5.97 Å². The van der Waals surface area contributed by atoms with Crippen LogP contribution < -0.4 is 5.32 Å².